The largest absolute Gasteiger partial charge is 0.350 e. The van der Waals surface area contributed by atoms with Gasteiger partial charge in [-0.25, -0.2) is 13.2 Å². The fourth-order valence-electron chi connectivity index (χ4n) is 3.60. The molecule has 0 aliphatic heterocycles. The Morgan fingerprint density at radius 2 is 1.88 bits per heavy atom. The van der Waals surface area contributed by atoms with Crippen LogP contribution in [0, 0.1) is 0 Å². The zero-order chi connectivity index (χ0) is 24.9. The summed E-state index contributed by atoms with van der Waals surface area (Å²) < 4.78 is 25.9. The molecule has 0 saturated carbocycles. The number of carbonyl (C=O) groups excluding carboxylic acids is 1. The molecule has 2 heterocycles. The van der Waals surface area contributed by atoms with E-state index in [1.54, 1.807) is 6.20 Å². The average Bonchev–Trinajstić information content (AvgIpc) is 3.22. The normalized spacial score (nSPS) is 12.6. The highest BCUT2D eigenvalue weighted by molar-refractivity contribution is 7.90. The molecular weight excluding hydrogens is 454 g/mol. The molecule has 0 fully saturated rings. The van der Waals surface area contributed by atoms with Crippen LogP contribution in [0.25, 0.3) is 5.65 Å². The second-order valence-corrected chi connectivity index (χ2v) is 10.5. The number of amides is 2. The van der Waals surface area contributed by atoms with E-state index in [9.17, 15) is 13.2 Å². The Labute approximate surface area is 200 Å². The molecule has 0 bridgehead atoms. The minimum atomic E-state index is -3.63. The third-order valence-corrected chi connectivity index (χ3v) is 6.34. The van der Waals surface area contributed by atoms with E-state index in [0.29, 0.717) is 11.3 Å². The van der Waals surface area contributed by atoms with Gasteiger partial charge in [-0.2, -0.15) is 19.6 Å². The van der Waals surface area contributed by atoms with Gasteiger partial charge in [0.15, 0.2) is 5.65 Å². The summed E-state index contributed by atoms with van der Waals surface area (Å²) in [5, 5.41) is 13.2. The Kier molecular flexibility index (Phi) is 8.08. The fraction of sp³-hybridized carbons (Fsp3) is 0.478. The second-order valence-electron chi connectivity index (χ2n) is 8.59. The Hall–Kier alpha value is -3.21. The van der Waals surface area contributed by atoms with Crippen LogP contribution in [0.1, 0.15) is 64.0 Å². The van der Waals surface area contributed by atoms with Gasteiger partial charge in [0, 0.05) is 30.1 Å². The van der Waals surface area contributed by atoms with Crippen LogP contribution in [-0.2, 0) is 16.4 Å². The van der Waals surface area contributed by atoms with Crippen LogP contribution in [0.4, 0.5) is 16.4 Å². The molecule has 0 spiro atoms. The number of carbonyl (C=O) groups is 1. The molecule has 184 valence electrons. The molecule has 2 aromatic heterocycles. The van der Waals surface area contributed by atoms with Crippen molar-refractivity contribution in [3.63, 3.8) is 0 Å². The summed E-state index contributed by atoms with van der Waals surface area (Å²) in [5.41, 5.74) is 2.73. The molecule has 3 rings (SSSR count). The van der Waals surface area contributed by atoms with Gasteiger partial charge in [0.25, 0.3) is 5.16 Å². The van der Waals surface area contributed by atoms with Crippen molar-refractivity contribution in [2.45, 2.75) is 70.6 Å². The molecule has 11 heteroatoms. The van der Waals surface area contributed by atoms with E-state index in [4.69, 9.17) is 0 Å². The van der Waals surface area contributed by atoms with Gasteiger partial charge in [-0.3, -0.25) is 0 Å². The van der Waals surface area contributed by atoms with Crippen molar-refractivity contribution in [3.05, 3.63) is 41.6 Å². The van der Waals surface area contributed by atoms with Gasteiger partial charge in [-0.15, -0.1) is 0 Å². The molecule has 0 aliphatic carbocycles. The predicted molar refractivity (Wildman–Crippen MR) is 133 cm³/mol. The fourth-order valence-corrected chi connectivity index (χ4v) is 4.11. The number of para-hydroxylation sites is 1. The maximum atomic E-state index is 12.5. The number of hydrogen-bond acceptors (Lipinski definition) is 7. The number of rotatable bonds is 10. The Morgan fingerprint density at radius 3 is 2.53 bits per heavy atom. The van der Waals surface area contributed by atoms with Crippen LogP contribution in [0.2, 0.25) is 0 Å². The summed E-state index contributed by atoms with van der Waals surface area (Å²) in [4.78, 5) is 21.0. The molecule has 34 heavy (non-hydrogen) atoms. The monoisotopic (exact) mass is 487 g/mol. The lowest BCUT2D eigenvalue weighted by atomic mass is 10.1. The topological polar surface area (TPSA) is 130 Å². The number of sulfone groups is 1. The van der Waals surface area contributed by atoms with Gasteiger partial charge >= 0.3 is 6.03 Å². The van der Waals surface area contributed by atoms with Crippen LogP contribution < -0.4 is 16.0 Å². The number of nitrogens with one attached hydrogen (secondary N) is 3. The molecule has 3 N–H and O–H groups in total. The van der Waals surface area contributed by atoms with Gasteiger partial charge in [0.2, 0.25) is 15.8 Å². The zero-order valence-electron chi connectivity index (χ0n) is 20.3. The first kappa shape index (κ1) is 25.4. The van der Waals surface area contributed by atoms with Crippen molar-refractivity contribution in [1.29, 1.82) is 0 Å². The van der Waals surface area contributed by atoms with Crippen LogP contribution in [0.3, 0.4) is 0 Å². The highest BCUT2D eigenvalue weighted by Gasteiger charge is 2.20. The molecule has 2 amide bonds. The molecule has 0 saturated heterocycles. The zero-order valence-corrected chi connectivity index (χ0v) is 21.1. The number of urea groups is 1. The molecule has 0 radical (unpaired) electrons. The maximum Gasteiger partial charge on any atom is 0.319 e. The summed E-state index contributed by atoms with van der Waals surface area (Å²) in [6.45, 7) is 8.40. The summed E-state index contributed by atoms with van der Waals surface area (Å²) in [5.74, 6) is 0.362. The Balaban J connectivity index is 1.86. The van der Waals surface area contributed by atoms with E-state index in [1.807, 2.05) is 45.0 Å². The second kappa shape index (κ2) is 10.8. The molecular formula is C23H33N7O3S. The molecule has 1 aromatic carbocycles. The summed E-state index contributed by atoms with van der Waals surface area (Å²) in [6.07, 6.45) is 5.52. The molecule has 1 unspecified atom stereocenters. The Morgan fingerprint density at radius 1 is 1.15 bits per heavy atom. The highest BCUT2D eigenvalue weighted by Crippen LogP contribution is 2.23. The van der Waals surface area contributed by atoms with Gasteiger partial charge in [0.1, 0.15) is 0 Å². The van der Waals surface area contributed by atoms with E-state index in [1.165, 1.54) is 4.52 Å². The number of aromatic nitrogens is 4. The standard InChI is InChI=1S/C23H33N7O3S/c1-6-10-17(7-2)26-22(31)27-19-12-9-8-11-16(19)13-24-21-29-23(34(5,32)33)28-20-18(15(3)4)14-25-30(20)21/h8-9,11-12,14-15,17H,6-7,10,13H2,1-5H3,(H,24,28,29)(H2,26,27,31). The first-order valence-corrected chi connectivity index (χ1v) is 13.4. The maximum absolute atomic E-state index is 12.5. The van der Waals surface area contributed by atoms with Crippen molar-refractivity contribution >= 4 is 33.2 Å². The van der Waals surface area contributed by atoms with Crippen molar-refractivity contribution in [2.75, 3.05) is 16.9 Å². The minimum absolute atomic E-state index is 0.107. The van der Waals surface area contributed by atoms with Crippen molar-refractivity contribution in [3.8, 4) is 0 Å². The SMILES string of the molecule is CCCC(CC)NC(=O)Nc1ccccc1CNc1nc(S(C)(=O)=O)nc2c(C(C)C)cnn12. The van der Waals surface area contributed by atoms with E-state index in [2.05, 4.69) is 37.9 Å². The number of benzene rings is 1. The quantitative estimate of drug-likeness (QED) is 0.394. The van der Waals surface area contributed by atoms with Crippen molar-refractivity contribution in [2.24, 2.45) is 0 Å². The lowest BCUT2D eigenvalue weighted by Gasteiger charge is -2.18. The average molecular weight is 488 g/mol. The number of nitrogens with zero attached hydrogens (tertiary/aromatic N) is 4. The summed E-state index contributed by atoms with van der Waals surface area (Å²) in [7, 11) is -3.63. The van der Waals surface area contributed by atoms with Crippen LogP contribution in [-0.4, -0.2) is 46.3 Å². The minimum Gasteiger partial charge on any atom is -0.350 e. The molecule has 10 nitrogen and oxygen atoms in total. The van der Waals surface area contributed by atoms with Gasteiger partial charge in [-0.1, -0.05) is 52.3 Å². The number of hydrogen-bond donors (Lipinski definition) is 3. The molecule has 3 aromatic rings. The van der Waals surface area contributed by atoms with E-state index in [-0.39, 0.29) is 35.6 Å². The van der Waals surface area contributed by atoms with Crippen molar-refractivity contribution in [1.82, 2.24) is 24.9 Å². The number of anilines is 2. The lowest BCUT2D eigenvalue weighted by Crippen LogP contribution is -2.37. The third-order valence-electron chi connectivity index (χ3n) is 5.50. The third kappa shape index (κ3) is 6.02. The highest BCUT2D eigenvalue weighted by atomic mass is 32.2. The van der Waals surface area contributed by atoms with Gasteiger partial charge in [-0.05, 0) is 30.4 Å². The first-order chi connectivity index (χ1) is 16.1. The number of fused-ring (bicyclic) bond motifs is 1. The van der Waals surface area contributed by atoms with Crippen LogP contribution in [0.5, 0.6) is 0 Å². The van der Waals surface area contributed by atoms with Crippen LogP contribution >= 0.6 is 0 Å². The first-order valence-electron chi connectivity index (χ1n) is 11.5. The Bertz CT molecular complexity index is 1250. The molecule has 1 atom stereocenters. The van der Waals surface area contributed by atoms with Gasteiger partial charge in [0.05, 0.1) is 6.20 Å². The molecule has 0 aliphatic rings. The summed E-state index contributed by atoms with van der Waals surface area (Å²) >= 11 is 0. The van der Waals surface area contributed by atoms with E-state index < -0.39 is 9.84 Å². The summed E-state index contributed by atoms with van der Waals surface area (Å²) in [6, 6.07) is 7.27. The lowest BCUT2D eigenvalue weighted by molar-refractivity contribution is 0.247. The van der Waals surface area contributed by atoms with Gasteiger partial charge < -0.3 is 16.0 Å². The van der Waals surface area contributed by atoms with Crippen molar-refractivity contribution < 1.29 is 13.2 Å². The predicted octanol–water partition coefficient (Wildman–Crippen LogP) is 3.96. The van der Waals surface area contributed by atoms with Crippen LogP contribution in [0.15, 0.2) is 35.6 Å². The van der Waals surface area contributed by atoms with E-state index in [0.717, 1.165) is 36.6 Å². The smallest absolute Gasteiger partial charge is 0.319 e. The van der Waals surface area contributed by atoms with E-state index >= 15 is 0 Å².